The predicted molar refractivity (Wildman–Crippen MR) is 142 cm³/mol. The first kappa shape index (κ1) is 25.2. The smallest absolute Gasteiger partial charge is 0.127 e. The number of hydrogen-bond donors (Lipinski definition) is 2. The summed E-state index contributed by atoms with van der Waals surface area (Å²) in [5, 5.41) is 5.52. The van der Waals surface area contributed by atoms with Crippen LogP contribution >= 0.6 is 46.8 Å². The van der Waals surface area contributed by atoms with Gasteiger partial charge in [0, 0.05) is 58.1 Å². The van der Waals surface area contributed by atoms with E-state index in [4.69, 9.17) is 34.8 Å². The van der Waals surface area contributed by atoms with Crippen molar-refractivity contribution in [2.75, 3.05) is 36.8 Å². The number of rotatable bonds is 11. The van der Waals surface area contributed by atoms with E-state index in [0.29, 0.717) is 16.0 Å². The molecule has 1 aliphatic carbocycles. The van der Waals surface area contributed by atoms with Gasteiger partial charge in [0.25, 0.3) is 0 Å². The van der Waals surface area contributed by atoms with Crippen molar-refractivity contribution < 1.29 is 4.79 Å². The third-order valence-electron chi connectivity index (χ3n) is 6.63. The molecule has 2 aromatic rings. The predicted octanol–water partition coefficient (Wildman–Crippen LogP) is 6.41. The summed E-state index contributed by atoms with van der Waals surface area (Å²) in [5.41, 5.74) is 2.21. The molecule has 2 N–H and O–H groups in total. The first-order valence-corrected chi connectivity index (χ1v) is 13.6. The minimum Gasteiger partial charge on any atom is -0.364 e. The van der Waals surface area contributed by atoms with Crippen molar-refractivity contribution >= 4 is 58.7 Å². The van der Waals surface area contributed by atoms with Gasteiger partial charge in [0.15, 0.2) is 0 Å². The second-order valence-electron chi connectivity index (χ2n) is 9.11. The van der Waals surface area contributed by atoms with Crippen molar-refractivity contribution in [3.8, 4) is 0 Å². The van der Waals surface area contributed by atoms with Crippen LogP contribution in [0.5, 0.6) is 0 Å². The molecule has 8 heteroatoms. The average Bonchev–Trinajstić information content (AvgIpc) is 3.59. The van der Waals surface area contributed by atoms with E-state index in [1.807, 2.05) is 24.3 Å². The molecule has 0 unspecified atom stereocenters. The van der Waals surface area contributed by atoms with Gasteiger partial charge in [-0.15, -0.1) is 0 Å². The van der Waals surface area contributed by atoms with Crippen molar-refractivity contribution in [3.05, 3.63) is 63.1 Å². The SMILES string of the molecule is O=CC1(CNCCSNC[C@@H]2CC[C@@H](c3ccc(Cl)cc3Cl)N(c3ccc(Cl)cc3)C2)CC1. The third-order valence-corrected chi connectivity index (χ3v) is 8.23. The number of nitrogens with one attached hydrogen (secondary N) is 2. The molecule has 0 spiro atoms. The van der Waals surface area contributed by atoms with Gasteiger partial charge in [-0.25, -0.2) is 0 Å². The summed E-state index contributed by atoms with van der Waals surface area (Å²) >= 11 is 20.6. The third kappa shape index (κ3) is 6.81. The van der Waals surface area contributed by atoms with Gasteiger partial charge in [-0.05, 0) is 73.6 Å². The lowest BCUT2D eigenvalue weighted by atomic mass is 9.88. The monoisotopic (exact) mass is 525 g/mol. The van der Waals surface area contributed by atoms with Crippen LogP contribution in [0.15, 0.2) is 42.5 Å². The lowest BCUT2D eigenvalue weighted by Crippen LogP contribution is -2.41. The fourth-order valence-electron chi connectivity index (χ4n) is 4.43. The Hall–Kier alpha value is -0.950. The molecule has 1 heterocycles. The van der Waals surface area contributed by atoms with E-state index < -0.39 is 0 Å². The van der Waals surface area contributed by atoms with Crippen LogP contribution in [0.2, 0.25) is 15.1 Å². The van der Waals surface area contributed by atoms with Gasteiger partial charge in [-0.3, -0.25) is 4.72 Å². The Bertz CT molecular complexity index is 939. The van der Waals surface area contributed by atoms with Gasteiger partial charge < -0.3 is 15.0 Å². The minimum atomic E-state index is -0.0607. The Kier molecular flexibility index (Phi) is 8.88. The molecule has 4 nitrogen and oxygen atoms in total. The fourth-order valence-corrected chi connectivity index (χ4v) is 5.84. The maximum Gasteiger partial charge on any atom is 0.127 e. The molecule has 1 saturated heterocycles. The summed E-state index contributed by atoms with van der Waals surface area (Å²) in [7, 11) is 0. The van der Waals surface area contributed by atoms with Gasteiger partial charge >= 0.3 is 0 Å². The molecule has 2 fully saturated rings. The number of carbonyl (C=O) groups is 1. The van der Waals surface area contributed by atoms with Crippen LogP contribution in [-0.4, -0.2) is 38.2 Å². The van der Waals surface area contributed by atoms with Gasteiger partial charge in [-0.1, -0.05) is 52.8 Å². The van der Waals surface area contributed by atoms with Crippen LogP contribution in [0.4, 0.5) is 5.69 Å². The zero-order valence-corrected chi connectivity index (χ0v) is 21.6. The molecule has 0 amide bonds. The van der Waals surface area contributed by atoms with Crippen LogP contribution in [0.1, 0.15) is 37.3 Å². The molecule has 0 aromatic heterocycles. The van der Waals surface area contributed by atoms with E-state index in [1.165, 1.54) is 0 Å². The van der Waals surface area contributed by atoms with E-state index in [0.717, 1.165) is 80.2 Å². The quantitative estimate of drug-likeness (QED) is 0.201. The maximum absolute atomic E-state index is 11.0. The molecule has 1 aliphatic heterocycles. The number of nitrogens with zero attached hydrogens (tertiary/aromatic N) is 1. The van der Waals surface area contributed by atoms with Gasteiger partial charge in [0.05, 0.1) is 6.04 Å². The fraction of sp³-hybridized carbons (Fsp3) is 0.480. The molecule has 0 radical (unpaired) electrons. The molecule has 178 valence electrons. The van der Waals surface area contributed by atoms with Gasteiger partial charge in [0.2, 0.25) is 0 Å². The minimum absolute atomic E-state index is 0.0607. The van der Waals surface area contributed by atoms with E-state index in [2.05, 4.69) is 33.1 Å². The van der Waals surface area contributed by atoms with Crippen LogP contribution in [-0.2, 0) is 4.79 Å². The van der Waals surface area contributed by atoms with Crippen molar-refractivity contribution in [3.63, 3.8) is 0 Å². The first-order valence-electron chi connectivity index (χ1n) is 11.5. The number of aldehydes is 1. The van der Waals surface area contributed by atoms with Crippen molar-refractivity contribution in [1.29, 1.82) is 0 Å². The highest BCUT2D eigenvalue weighted by Crippen LogP contribution is 2.42. The normalized spacial score (nSPS) is 21.7. The summed E-state index contributed by atoms with van der Waals surface area (Å²) in [6.07, 6.45) is 5.33. The molecule has 2 atom stereocenters. The number of anilines is 1. The maximum atomic E-state index is 11.0. The Labute approximate surface area is 215 Å². The van der Waals surface area contributed by atoms with Gasteiger partial charge in [0.1, 0.15) is 6.29 Å². The number of halogens is 3. The van der Waals surface area contributed by atoms with Crippen LogP contribution in [0, 0.1) is 11.3 Å². The summed E-state index contributed by atoms with van der Waals surface area (Å²) in [4.78, 5) is 13.5. The summed E-state index contributed by atoms with van der Waals surface area (Å²) in [5.74, 6) is 1.51. The highest BCUT2D eigenvalue weighted by Gasteiger charge is 2.41. The zero-order chi connectivity index (χ0) is 23.3. The Morgan fingerprint density at radius 1 is 1.06 bits per heavy atom. The molecular weight excluding hydrogens is 497 g/mol. The Morgan fingerprint density at radius 3 is 2.52 bits per heavy atom. The molecule has 2 aliphatic rings. The highest BCUT2D eigenvalue weighted by atomic mass is 35.5. The van der Waals surface area contributed by atoms with Gasteiger partial charge in [-0.2, -0.15) is 0 Å². The Balaban J connectivity index is 1.31. The van der Waals surface area contributed by atoms with Crippen LogP contribution < -0.4 is 14.9 Å². The van der Waals surface area contributed by atoms with Crippen molar-refractivity contribution in [1.82, 2.24) is 10.0 Å². The molecular formula is C25H30Cl3N3OS. The number of benzene rings is 2. The highest BCUT2D eigenvalue weighted by molar-refractivity contribution is 7.97. The molecule has 2 aromatic carbocycles. The van der Waals surface area contributed by atoms with E-state index in [-0.39, 0.29) is 11.5 Å². The molecule has 33 heavy (non-hydrogen) atoms. The van der Waals surface area contributed by atoms with E-state index in [9.17, 15) is 4.79 Å². The standard InChI is InChI=1S/C25H30Cl3N3OS/c26-19-2-5-21(6-3-19)31-15-18(1-8-24(31)22-7-4-20(27)13-23(22)28)14-30-33-12-11-29-16-25(17-32)9-10-25/h2-7,13,17-18,24,29-30H,1,8-12,14-16H2/t18-,24-/m0/s1. The molecule has 1 saturated carbocycles. The lowest BCUT2D eigenvalue weighted by molar-refractivity contribution is -0.112. The molecule has 0 bridgehead atoms. The number of piperidine rings is 1. The van der Waals surface area contributed by atoms with Crippen molar-refractivity contribution in [2.24, 2.45) is 11.3 Å². The second-order valence-corrected chi connectivity index (χ2v) is 11.4. The summed E-state index contributed by atoms with van der Waals surface area (Å²) < 4.78 is 3.55. The lowest BCUT2D eigenvalue weighted by Gasteiger charge is -2.42. The number of carbonyl (C=O) groups excluding carboxylic acids is 1. The zero-order valence-electron chi connectivity index (χ0n) is 18.5. The van der Waals surface area contributed by atoms with E-state index in [1.54, 1.807) is 11.9 Å². The Morgan fingerprint density at radius 2 is 1.82 bits per heavy atom. The second kappa shape index (κ2) is 11.7. The van der Waals surface area contributed by atoms with Crippen molar-refractivity contribution in [2.45, 2.75) is 31.7 Å². The van der Waals surface area contributed by atoms with Crippen LogP contribution in [0.3, 0.4) is 0 Å². The van der Waals surface area contributed by atoms with E-state index >= 15 is 0 Å². The largest absolute Gasteiger partial charge is 0.364 e. The first-order chi connectivity index (χ1) is 16.0. The number of hydrogen-bond acceptors (Lipinski definition) is 5. The van der Waals surface area contributed by atoms with Crippen LogP contribution in [0.25, 0.3) is 0 Å². The average molecular weight is 527 g/mol. The topological polar surface area (TPSA) is 44.4 Å². The summed E-state index contributed by atoms with van der Waals surface area (Å²) in [6.45, 7) is 3.61. The summed E-state index contributed by atoms with van der Waals surface area (Å²) in [6, 6.07) is 14.1. The molecule has 4 rings (SSSR count).